The molecular weight excluding hydrogens is 310 g/mol. The Bertz CT molecular complexity index is 572. The third-order valence-electron chi connectivity index (χ3n) is 4.70. The Balaban J connectivity index is 1.71. The molecule has 0 unspecified atom stereocenters. The number of carbonyl (C=O) groups is 2. The Hall–Kier alpha value is -1.40. The van der Waals surface area contributed by atoms with Crippen molar-refractivity contribution in [1.82, 2.24) is 10.2 Å². The highest BCUT2D eigenvalue weighted by atomic mass is 32.1. The van der Waals surface area contributed by atoms with Crippen LogP contribution in [0.2, 0.25) is 0 Å². The van der Waals surface area contributed by atoms with Gasteiger partial charge >= 0.3 is 0 Å². The van der Waals surface area contributed by atoms with Crippen LogP contribution in [0.3, 0.4) is 0 Å². The summed E-state index contributed by atoms with van der Waals surface area (Å²) < 4.78 is 0. The highest BCUT2D eigenvalue weighted by Gasteiger charge is 2.26. The first-order valence-corrected chi connectivity index (χ1v) is 9.38. The second kappa shape index (κ2) is 7.45. The van der Waals surface area contributed by atoms with Crippen LogP contribution in [0.5, 0.6) is 0 Å². The van der Waals surface area contributed by atoms with Crippen molar-refractivity contribution in [2.24, 2.45) is 5.92 Å². The van der Waals surface area contributed by atoms with Crippen LogP contribution < -0.4 is 10.6 Å². The number of piperazine rings is 1. The monoisotopic (exact) mass is 335 g/mol. The Morgan fingerprint density at radius 3 is 2.61 bits per heavy atom. The molecule has 1 aliphatic heterocycles. The van der Waals surface area contributed by atoms with E-state index in [2.05, 4.69) is 10.6 Å². The van der Waals surface area contributed by atoms with Gasteiger partial charge in [0, 0.05) is 37.0 Å². The lowest BCUT2D eigenvalue weighted by Crippen LogP contribution is -2.46. The fourth-order valence-corrected chi connectivity index (χ4v) is 4.29. The Morgan fingerprint density at radius 1 is 1.22 bits per heavy atom. The van der Waals surface area contributed by atoms with E-state index in [1.165, 1.54) is 17.8 Å². The lowest BCUT2D eigenvalue weighted by molar-refractivity contribution is -0.120. The minimum absolute atomic E-state index is 0.0368. The van der Waals surface area contributed by atoms with Crippen LogP contribution in [0.15, 0.2) is 6.07 Å². The summed E-state index contributed by atoms with van der Waals surface area (Å²) in [5.41, 5.74) is 0.651. The number of nitrogens with zero attached hydrogens (tertiary/aromatic N) is 1. The quantitative estimate of drug-likeness (QED) is 0.892. The van der Waals surface area contributed by atoms with Crippen molar-refractivity contribution in [2.45, 2.75) is 39.0 Å². The first-order valence-electron chi connectivity index (χ1n) is 8.56. The maximum atomic E-state index is 12.7. The van der Waals surface area contributed by atoms with Gasteiger partial charge < -0.3 is 15.5 Å². The van der Waals surface area contributed by atoms with Gasteiger partial charge in [-0.1, -0.05) is 19.3 Å². The van der Waals surface area contributed by atoms with Gasteiger partial charge in [-0.3, -0.25) is 9.59 Å². The van der Waals surface area contributed by atoms with E-state index in [0.717, 1.165) is 61.7 Å². The predicted molar refractivity (Wildman–Crippen MR) is 93.0 cm³/mol. The molecule has 0 spiro atoms. The second-order valence-corrected chi connectivity index (χ2v) is 7.72. The Kier molecular flexibility index (Phi) is 5.33. The summed E-state index contributed by atoms with van der Waals surface area (Å²) in [7, 11) is 0. The summed E-state index contributed by atoms with van der Waals surface area (Å²) in [4.78, 5) is 28.2. The third-order valence-corrected chi connectivity index (χ3v) is 5.67. The topological polar surface area (TPSA) is 61.4 Å². The normalized spacial score (nSPS) is 19.6. The maximum Gasteiger partial charge on any atom is 0.256 e. The van der Waals surface area contributed by atoms with Crippen molar-refractivity contribution in [2.75, 3.05) is 31.5 Å². The van der Waals surface area contributed by atoms with E-state index in [0.29, 0.717) is 5.56 Å². The number of amides is 2. The molecule has 1 saturated carbocycles. The lowest BCUT2D eigenvalue weighted by atomic mass is 9.89. The van der Waals surface area contributed by atoms with Crippen molar-refractivity contribution in [1.29, 1.82) is 0 Å². The smallest absolute Gasteiger partial charge is 0.256 e. The van der Waals surface area contributed by atoms with Gasteiger partial charge in [-0.25, -0.2) is 0 Å². The molecule has 2 amide bonds. The number of rotatable bonds is 3. The number of anilines is 1. The summed E-state index contributed by atoms with van der Waals surface area (Å²) in [6.45, 7) is 5.10. The van der Waals surface area contributed by atoms with Gasteiger partial charge in [-0.05, 0) is 25.8 Å². The van der Waals surface area contributed by atoms with E-state index in [4.69, 9.17) is 0 Å². The molecule has 0 radical (unpaired) electrons. The molecule has 0 aromatic carbocycles. The SMILES string of the molecule is Cc1cc(C(=O)N2CCNCC2)c(NC(=O)C2CCCCC2)s1. The van der Waals surface area contributed by atoms with E-state index in [1.807, 2.05) is 17.9 Å². The molecule has 3 rings (SSSR count). The molecule has 2 fully saturated rings. The first kappa shape index (κ1) is 16.5. The van der Waals surface area contributed by atoms with Crippen LogP contribution in [0.4, 0.5) is 5.00 Å². The van der Waals surface area contributed by atoms with Gasteiger partial charge in [-0.2, -0.15) is 0 Å². The maximum absolute atomic E-state index is 12.7. The summed E-state index contributed by atoms with van der Waals surface area (Å²) in [5.74, 6) is 0.226. The van der Waals surface area contributed by atoms with Crippen LogP contribution in [-0.2, 0) is 4.79 Å². The van der Waals surface area contributed by atoms with Gasteiger partial charge in [0.25, 0.3) is 5.91 Å². The number of aryl methyl sites for hydroxylation is 1. The third kappa shape index (κ3) is 3.93. The standard InChI is InChI=1S/C17H25N3O2S/c1-12-11-14(17(22)20-9-7-18-8-10-20)16(23-12)19-15(21)13-5-3-2-4-6-13/h11,13,18H,2-10H2,1H3,(H,19,21). The number of thiophene rings is 1. The highest BCUT2D eigenvalue weighted by Crippen LogP contribution is 2.31. The Labute approximate surface area is 141 Å². The molecule has 2 aliphatic rings. The summed E-state index contributed by atoms with van der Waals surface area (Å²) >= 11 is 1.50. The van der Waals surface area contributed by atoms with Gasteiger partial charge in [0.2, 0.25) is 5.91 Å². The van der Waals surface area contributed by atoms with Crippen molar-refractivity contribution in [3.8, 4) is 0 Å². The Morgan fingerprint density at radius 2 is 1.91 bits per heavy atom. The van der Waals surface area contributed by atoms with Gasteiger partial charge in [-0.15, -0.1) is 11.3 Å². The molecule has 23 heavy (non-hydrogen) atoms. The predicted octanol–water partition coefficient (Wildman–Crippen LogP) is 2.62. The van der Waals surface area contributed by atoms with Crippen LogP contribution in [0.1, 0.15) is 47.3 Å². The van der Waals surface area contributed by atoms with E-state index in [1.54, 1.807) is 0 Å². The molecule has 1 aromatic heterocycles. The van der Waals surface area contributed by atoms with Gasteiger partial charge in [0.1, 0.15) is 5.00 Å². The van der Waals surface area contributed by atoms with Crippen molar-refractivity contribution >= 4 is 28.2 Å². The summed E-state index contributed by atoms with van der Waals surface area (Å²) in [6, 6.07) is 1.91. The fraction of sp³-hybridized carbons (Fsp3) is 0.647. The molecule has 126 valence electrons. The molecule has 1 aliphatic carbocycles. The van der Waals surface area contributed by atoms with Crippen molar-refractivity contribution in [3.63, 3.8) is 0 Å². The first-order chi connectivity index (χ1) is 11.1. The van der Waals surface area contributed by atoms with Crippen LogP contribution in [-0.4, -0.2) is 42.9 Å². The van der Waals surface area contributed by atoms with Crippen molar-refractivity contribution < 1.29 is 9.59 Å². The molecule has 2 N–H and O–H groups in total. The minimum atomic E-state index is 0.0368. The van der Waals surface area contributed by atoms with Gasteiger partial charge in [0.05, 0.1) is 5.56 Å². The largest absolute Gasteiger partial charge is 0.336 e. The number of nitrogens with one attached hydrogen (secondary N) is 2. The van der Waals surface area contributed by atoms with Crippen LogP contribution in [0, 0.1) is 12.8 Å². The average Bonchev–Trinajstić information content (AvgIpc) is 2.96. The molecule has 1 saturated heterocycles. The molecule has 0 atom stereocenters. The van der Waals surface area contributed by atoms with E-state index >= 15 is 0 Å². The molecular formula is C17H25N3O2S. The zero-order chi connectivity index (χ0) is 16.2. The molecule has 0 bridgehead atoms. The second-order valence-electron chi connectivity index (χ2n) is 6.47. The summed E-state index contributed by atoms with van der Waals surface area (Å²) in [6.07, 6.45) is 5.44. The highest BCUT2D eigenvalue weighted by molar-refractivity contribution is 7.16. The lowest BCUT2D eigenvalue weighted by Gasteiger charge is -2.27. The minimum Gasteiger partial charge on any atom is -0.336 e. The van der Waals surface area contributed by atoms with Crippen LogP contribution in [0.25, 0.3) is 0 Å². The molecule has 5 nitrogen and oxygen atoms in total. The zero-order valence-electron chi connectivity index (χ0n) is 13.7. The zero-order valence-corrected chi connectivity index (χ0v) is 14.5. The fourth-order valence-electron chi connectivity index (χ4n) is 3.38. The summed E-state index contributed by atoms with van der Waals surface area (Å²) in [5, 5.41) is 7.02. The van der Waals surface area contributed by atoms with Crippen molar-refractivity contribution in [3.05, 3.63) is 16.5 Å². The molecule has 6 heteroatoms. The molecule has 2 heterocycles. The number of carbonyl (C=O) groups excluding carboxylic acids is 2. The molecule has 1 aromatic rings. The number of hydrogen-bond acceptors (Lipinski definition) is 4. The average molecular weight is 335 g/mol. The van der Waals surface area contributed by atoms with Crippen LogP contribution >= 0.6 is 11.3 Å². The van der Waals surface area contributed by atoms with E-state index in [9.17, 15) is 9.59 Å². The van der Waals surface area contributed by atoms with E-state index in [-0.39, 0.29) is 17.7 Å². The number of hydrogen-bond donors (Lipinski definition) is 2. The van der Waals surface area contributed by atoms with Gasteiger partial charge in [0.15, 0.2) is 0 Å². The van der Waals surface area contributed by atoms with E-state index < -0.39 is 0 Å².